The standard InChI is InChI=1S/C15H21Cl2N/c1-10-6-7-13(8-11(10)2)18-9-12-4-3-5-14(16)15(12)17/h3-5,10-11,13,18H,6-9H2,1-2H3. The van der Waals surface area contributed by atoms with Crippen molar-refractivity contribution in [3.8, 4) is 0 Å². The molecule has 1 aromatic carbocycles. The predicted molar refractivity (Wildman–Crippen MR) is 79.3 cm³/mol. The lowest BCUT2D eigenvalue weighted by molar-refractivity contribution is 0.225. The Kier molecular flexibility index (Phi) is 4.94. The van der Waals surface area contributed by atoms with Crippen LogP contribution in [-0.4, -0.2) is 6.04 Å². The van der Waals surface area contributed by atoms with Crippen LogP contribution in [0.2, 0.25) is 10.0 Å². The molecule has 1 aromatic rings. The van der Waals surface area contributed by atoms with E-state index in [1.807, 2.05) is 18.2 Å². The number of halogens is 2. The van der Waals surface area contributed by atoms with Gasteiger partial charge >= 0.3 is 0 Å². The van der Waals surface area contributed by atoms with E-state index in [1.165, 1.54) is 19.3 Å². The maximum atomic E-state index is 6.19. The van der Waals surface area contributed by atoms with Crippen LogP contribution < -0.4 is 5.32 Å². The number of rotatable bonds is 3. The van der Waals surface area contributed by atoms with E-state index in [4.69, 9.17) is 23.2 Å². The lowest BCUT2D eigenvalue weighted by Gasteiger charge is -2.32. The Bertz CT molecular complexity index is 405. The highest BCUT2D eigenvalue weighted by molar-refractivity contribution is 6.42. The third-order valence-corrected chi connectivity index (χ3v) is 5.07. The van der Waals surface area contributed by atoms with Crippen LogP contribution in [0.5, 0.6) is 0 Å². The third-order valence-electron chi connectivity index (χ3n) is 4.21. The van der Waals surface area contributed by atoms with Crippen LogP contribution in [-0.2, 0) is 6.54 Å². The molecule has 0 amide bonds. The molecule has 3 heteroatoms. The monoisotopic (exact) mass is 285 g/mol. The predicted octanol–water partition coefficient (Wildman–Crippen LogP) is 4.91. The maximum Gasteiger partial charge on any atom is 0.0637 e. The first-order chi connectivity index (χ1) is 8.58. The van der Waals surface area contributed by atoms with Crippen molar-refractivity contribution >= 4 is 23.2 Å². The lowest BCUT2D eigenvalue weighted by Crippen LogP contribution is -2.35. The van der Waals surface area contributed by atoms with Gasteiger partial charge in [0.1, 0.15) is 0 Å². The van der Waals surface area contributed by atoms with Crippen LogP contribution in [0.1, 0.15) is 38.7 Å². The highest BCUT2D eigenvalue weighted by Gasteiger charge is 2.24. The van der Waals surface area contributed by atoms with Crippen LogP contribution in [0, 0.1) is 11.8 Å². The molecule has 1 N–H and O–H groups in total. The van der Waals surface area contributed by atoms with Gasteiger partial charge < -0.3 is 5.32 Å². The van der Waals surface area contributed by atoms with E-state index in [2.05, 4.69) is 19.2 Å². The molecular weight excluding hydrogens is 265 g/mol. The second-order valence-corrected chi connectivity index (χ2v) is 6.34. The lowest BCUT2D eigenvalue weighted by atomic mass is 9.79. The Hall–Kier alpha value is -0.240. The van der Waals surface area contributed by atoms with Crippen LogP contribution >= 0.6 is 23.2 Å². The van der Waals surface area contributed by atoms with Gasteiger partial charge in [0.15, 0.2) is 0 Å². The zero-order valence-electron chi connectivity index (χ0n) is 11.0. The molecule has 1 fully saturated rings. The van der Waals surface area contributed by atoms with E-state index < -0.39 is 0 Å². The number of hydrogen-bond acceptors (Lipinski definition) is 1. The van der Waals surface area contributed by atoms with Gasteiger partial charge in [-0.2, -0.15) is 0 Å². The first kappa shape index (κ1) is 14.2. The Morgan fingerprint density at radius 3 is 2.67 bits per heavy atom. The van der Waals surface area contributed by atoms with E-state index in [9.17, 15) is 0 Å². The SMILES string of the molecule is CC1CCC(NCc2cccc(Cl)c2Cl)CC1C. The minimum atomic E-state index is 0.617. The first-order valence-corrected chi connectivity index (χ1v) is 7.49. The Labute approximate surface area is 120 Å². The van der Waals surface area contributed by atoms with Crippen LogP contribution in [0.4, 0.5) is 0 Å². The van der Waals surface area contributed by atoms with Gasteiger partial charge in [-0.25, -0.2) is 0 Å². The van der Waals surface area contributed by atoms with Crippen LogP contribution in [0.15, 0.2) is 18.2 Å². The summed E-state index contributed by atoms with van der Waals surface area (Å²) in [5.41, 5.74) is 1.09. The average Bonchev–Trinajstić information content (AvgIpc) is 2.35. The molecule has 1 aliphatic rings. The number of hydrogen-bond donors (Lipinski definition) is 1. The molecule has 100 valence electrons. The van der Waals surface area contributed by atoms with Crippen LogP contribution in [0.3, 0.4) is 0 Å². The van der Waals surface area contributed by atoms with Gasteiger partial charge in [0, 0.05) is 12.6 Å². The Morgan fingerprint density at radius 2 is 1.94 bits per heavy atom. The molecule has 3 atom stereocenters. The van der Waals surface area contributed by atoms with E-state index in [1.54, 1.807) is 0 Å². The first-order valence-electron chi connectivity index (χ1n) is 6.74. The maximum absolute atomic E-state index is 6.19. The molecule has 0 aliphatic heterocycles. The topological polar surface area (TPSA) is 12.0 Å². The van der Waals surface area contributed by atoms with Gasteiger partial charge in [-0.05, 0) is 42.7 Å². The van der Waals surface area contributed by atoms with Crippen LogP contribution in [0.25, 0.3) is 0 Å². The van der Waals surface area contributed by atoms with Crippen molar-refractivity contribution in [1.82, 2.24) is 5.32 Å². The van der Waals surface area contributed by atoms with E-state index in [0.29, 0.717) is 16.1 Å². The molecule has 0 radical (unpaired) electrons. The van der Waals surface area contributed by atoms with Gasteiger partial charge in [0.05, 0.1) is 10.0 Å². The summed E-state index contributed by atoms with van der Waals surface area (Å²) in [7, 11) is 0. The fourth-order valence-electron chi connectivity index (χ4n) is 2.67. The molecule has 2 rings (SSSR count). The third kappa shape index (κ3) is 3.40. The number of benzene rings is 1. The molecule has 0 aromatic heterocycles. The average molecular weight is 286 g/mol. The molecule has 0 saturated heterocycles. The molecular formula is C15H21Cl2N. The molecule has 3 unspecified atom stereocenters. The van der Waals surface area contributed by atoms with Gasteiger partial charge in [-0.1, -0.05) is 49.2 Å². The van der Waals surface area contributed by atoms with Crippen molar-refractivity contribution in [3.63, 3.8) is 0 Å². The molecule has 0 heterocycles. The summed E-state index contributed by atoms with van der Waals surface area (Å²) in [6.45, 7) is 5.52. The summed E-state index contributed by atoms with van der Waals surface area (Å²) in [5.74, 6) is 1.67. The van der Waals surface area contributed by atoms with Crippen molar-refractivity contribution in [3.05, 3.63) is 33.8 Å². The van der Waals surface area contributed by atoms with E-state index in [-0.39, 0.29) is 0 Å². The Balaban J connectivity index is 1.90. The van der Waals surface area contributed by atoms with Crippen molar-refractivity contribution in [2.75, 3.05) is 0 Å². The summed E-state index contributed by atoms with van der Waals surface area (Å²) in [6, 6.07) is 6.44. The number of nitrogens with one attached hydrogen (secondary N) is 1. The summed E-state index contributed by atoms with van der Waals surface area (Å²) < 4.78 is 0. The minimum absolute atomic E-state index is 0.617. The van der Waals surface area contributed by atoms with E-state index >= 15 is 0 Å². The normalized spacial score (nSPS) is 28.3. The van der Waals surface area contributed by atoms with Gasteiger partial charge in [-0.15, -0.1) is 0 Å². The fraction of sp³-hybridized carbons (Fsp3) is 0.600. The van der Waals surface area contributed by atoms with Crippen molar-refractivity contribution in [2.24, 2.45) is 11.8 Å². The van der Waals surface area contributed by atoms with Crippen molar-refractivity contribution in [1.29, 1.82) is 0 Å². The largest absolute Gasteiger partial charge is 0.310 e. The second kappa shape index (κ2) is 6.27. The second-order valence-electron chi connectivity index (χ2n) is 5.56. The van der Waals surface area contributed by atoms with Crippen molar-refractivity contribution in [2.45, 2.75) is 45.7 Å². The summed E-state index contributed by atoms with van der Waals surface area (Å²) in [6.07, 6.45) is 3.85. The fourth-order valence-corrected chi connectivity index (χ4v) is 3.06. The summed E-state index contributed by atoms with van der Waals surface area (Å²) in [5, 5.41) is 4.94. The van der Waals surface area contributed by atoms with Gasteiger partial charge in [-0.3, -0.25) is 0 Å². The van der Waals surface area contributed by atoms with E-state index in [0.717, 1.165) is 23.9 Å². The molecule has 0 bridgehead atoms. The summed E-state index contributed by atoms with van der Waals surface area (Å²) >= 11 is 12.2. The molecule has 1 saturated carbocycles. The molecule has 18 heavy (non-hydrogen) atoms. The zero-order chi connectivity index (χ0) is 13.1. The zero-order valence-corrected chi connectivity index (χ0v) is 12.6. The quantitative estimate of drug-likeness (QED) is 0.832. The van der Waals surface area contributed by atoms with Gasteiger partial charge in [0.25, 0.3) is 0 Å². The highest BCUT2D eigenvalue weighted by Crippen LogP contribution is 2.30. The molecule has 0 spiro atoms. The minimum Gasteiger partial charge on any atom is -0.310 e. The molecule has 1 nitrogen and oxygen atoms in total. The smallest absolute Gasteiger partial charge is 0.0637 e. The summed E-state index contributed by atoms with van der Waals surface area (Å²) in [4.78, 5) is 0. The highest BCUT2D eigenvalue weighted by atomic mass is 35.5. The Morgan fingerprint density at radius 1 is 1.17 bits per heavy atom. The van der Waals surface area contributed by atoms with Crippen molar-refractivity contribution < 1.29 is 0 Å². The van der Waals surface area contributed by atoms with Gasteiger partial charge in [0.2, 0.25) is 0 Å². The molecule has 1 aliphatic carbocycles.